The Balaban J connectivity index is 2.65. The number of hydrogen-bond acceptors (Lipinski definition) is 5. The van der Waals surface area contributed by atoms with Gasteiger partial charge < -0.3 is 23.2 Å². The van der Waals surface area contributed by atoms with Crippen molar-refractivity contribution in [3.63, 3.8) is 0 Å². The number of carbonyl (C=O) groups is 5. The summed E-state index contributed by atoms with van der Waals surface area (Å²) >= 11 is 0. The molecule has 2 fully saturated rings. The molecule has 2 aliphatic rings. The van der Waals surface area contributed by atoms with Gasteiger partial charge in [-0.15, -0.1) is 0 Å². The molecule has 10 nitrogen and oxygen atoms in total. The van der Waals surface area contributed by atoms with E-state index < -0.39 is 16.2 Å². The SMILES string of the molecule is CCC(C)(CC(C)(CC(C)(CC(CC(C)N1CCCC1=O)N1CCCC1=O)C(=O)CCC[N+](C)(C)CC)C(=O)CCC[N+](C)(C)CC)C(=O)CCC[N+](C)(C)CC. The van der Waals surface area contributed by atoms with Crippen LogP contribution in [-0.2, 0) is 24.0 Å². The van der Waals surface area contributed by atoms with Crippen LogP contribution in [0.5, 0.6) is 0 Å². The molecule has 2 rings (SSSR count). The average molecular weight is 805 g/mol. The molecule has 0 spiro atoms. The third-order valence-electron chi connectivity index (χ3n) is 14.9. The highest BCUT2D eigenvalue weighted by Crippen LogP contribution is 2.49. The fourth-order valence-corrected chi connectivity index (χ4v) is 9.62. The molecule has 0 aromatic heterocycles. The van der Waals surface area contributed by atoms with E-state index in [9.17, 15) is 19.2 Å². The van der Waals surface area contributed by atoms with Gasteiger partial charge in [0.1, 0.15) is 17.3 Å². The van der Waals surface area contributed by atoms with Crippen LogP contribution in [0.1, 0.15) is 152 Å². The topological polar surface area (TPSA) is 91.8 Å². The van der Waals surface area contributed by atoms with Crippen molar-refractivity contribution in [1.29, 1.82) is 0 Å². The highest BCUT2D eigenvalue weighted by molar-refractivity contribution is 5.90. The van der Waals surface area contributed by atoms with E-state index in [1.165, 1.54) is 0 Å². The van der Waals surface area contributed by atoms with E-state index in [0.29, 0.717) is 70.8 Å². The Hall–Kier alpha value is -2.17. The summed E-state index contributed by atoms with van der Waals surface area (Å²) in [5, 5.41) is 0. The van der Waals surface area contributed by atoms with E-state index in [0.717, 1.165) is 91.4 Å². The average Bonchev–Trinajstić information content (AvgIpc) is 3.78. The lowest BCUT2D eigenvalue weighted by Crippen LogP contribution is -2.49. The van der Waals surface area contributed by atoms with Gasteiger partial charge in [0.05, 0.1) is 81.6 Å². The van der Waals surface area contributed by atoms with Crippen LogP contribution in [0.25, 0.3) is 0 Å². The molecule has 0 radical (unpaired) electrons. The maximum atomic E-state index is 15.0. The first kappa shape index (κ1) is 51.0. The summed E-state index contributed by atoms with van der Waals surface area (Å²) in [6.07, 6.45) is 8.68. The van der Waals surface area contributed by atoms with E-state index >= 15 is 4.79 Å². The molecule has 0 N–H and O–H groups in total. The Morgan fingerprint density at radius 3 is 1.33 bits per heavy atom. The van der Waals surface area contributed by atoms with Crippen molar-refractivity contribution < 1.29 is 37.4 Å². The van der Waals surface area contributed by atoms with Crippen molar-refractivity contribution >= 4 is 29.2 Å². The Morgan fingerprint density at radius 2 is 0.965 bits per heavy atom. The predicted octanol–water partition coefficient (Wildman–Crippen LogP) is 7.31. The second kappa shape index (κ2) is 21.4. The number of carbonyl (C=O) groups excluding carboxylic acids is 5. The highest BCUT2D eigenvalue weighted by atomic mass is 16.2. The van der Waals surface area contributed by atoms with Crippen LogP contribution in [0.15, 0.2) is 0 Å². The van der Waals surface area contributed by atoms with Gasteiger partial charge in [-0.3, -0.25) is 24.0 Å². The smallest absolute Gasteiger partial charge is 0.222 e. The molecule has 57 heavy (non-hydrogen) atoms. The van der Waals surface area contributed by atoms with E-state index in [2.05, 4.69) is 97.7 Å². The summed E-state index contributed by atoms with van der Waals surface area (Å²) in [5.41, 5.74) is -2.56. The number of ketones is 3. The van der Waals surface area contributed by atoms with Gasteiger partial charge in [0, 0.05) is 92.8 Å². The van der Waals surface area contributed by atoms with E-state index in [-0.39, 0.29) is 41.2 Å². The zero-order chi connectivity index (χ0) is 43.5. The maximum Gasteiger partial charge on any atom is 0.222 e. The van der Waals surface area contributed by atoms with Crippen LogP contribution >= 0.6 is 0 Å². The van der Waals surface area contributed by atoms with Crippen molar-refractivity contribution in [2.24, 2.45) is 16.2 Å². The first-order valence-corrected chi connectivity index (χ1v) is 23.0. The minimum Gasteiger partial charge on any atom is -0.340 e. The molecule has 0 saturated carbocycles. The molecule has 2 aliphatic heterocycles. The first-order valence-electron chi connectivity index (χ1n) is 23.0. The molecular formula is C47H90N5O5+3. The van der Waals surface area contributed by atoms with Gasteiger partial charge in [0.2, 0.25) is 11.8 Å². The number of Topliss-reactive ketones (excluding diaryl/α,β-unsaturated/α-hetero) is 3. The molecule has 0 aromatic rings. The fourth-order valence-electron chi connectivity index (χ4n) is 9.62. The van der Waals surface area contributed by atoms with Crippen molar-refractivity contribution in [3.8, 4) is 0 Å². The number of nitrogens with zero attached hydrogens (tertiary/aromatic N) is 5. The number of quaternary nitrogens is 3. The third kappa shape index (κ3) is 15.1. The molecule has 2 heterocycles. The van der Waals surface area contributed by atoms with Crippen LogP contribution in [0.2, 0.25) is 0 Å². The predicted molar refractivity (Wildman–Crippen MR) is 233 cm³/mol. The Bertz CT molecular complexity index is 1360. The van der Waals surface area contributed by atoms with Gasteiger partial charge in [-0.2, -0.15) is 0 Å². The summed E-state index contributed by atoms with van der Waals surface area (Å²) in [7, 11) is 13.2. The zero-order valence-electron chi connectivity index (χ0n) is 39.7. The number of rotatable bonds is 29. The van der Waals surface area contributed by atoms with Gasteiger partial charge in [-0.05, 0) is 72.6 Å². The van der Waals surface area contributed by atoms with Gasteiger partial charge in [0.15, 0.2) is 0 Å². The molecule has 330 valence electrons. The lowest BCUT2D eigenvalue weighted by molar-refractivity contribution is -0.888. The van der Waals surface area contributed by atoms with Gasteiger partial charge >= 0.3 is 0 Å². The molecular weight excluding hydrogens is 715 g/mol. The normalized spacial score (nSPS) is 20.0. The number of hydrogen-bond donors (Lipinski definition) is 0. The monoisotopic (exact) mass is 805 g/mol. The molecule has 5 unspecified atom stereocenters. The Labute approximate surface area is 350 Å². The third-order valence-corrected chi connectivity index (χ3v) is 14.9. The molecule has 2 amide bonds. The fraction of sp³-hybridized carbons (Fsp3) is 0.894. The number of likely N-dealkylation sites (tertiary alicyclic amines) is 2. The maximum absolute atomic E-state index is 15.0. The van der Waals surface area contributed by atoms with Crippen LogP contribution in [0.4, 0.5) is 0 Å². The molecule has 10 heteroatoms. The lowest BCUT2D eigenvalue weighted by Gasteiger charge is -2.45. The van der Waals surface area contributed by atoms with E-state index in [1.54, 1.807) is 0 Å². The van der Waals surface area contributed by atoms with Crippen LogP contribution in [0.3, 0.4) is 0 Å². The second-order valence-electron chi connectivity index (χ2n) is 21.2. The molecule has 0 aliphatic carbocycles. The van der Waals surface area contributed by atoms with Gasteiger partial charge in [0.25, 0.3) is 0 Å². The van der Waals surface area contributed by atoms with E-state index in [4.69, 9.17) is 0 Å². The van der Waals surface area contributed by atoms with Crippen molar-refractivity contribution in [2.45, 2.75) is 164 Å². The molecule has 5 atom stereocenters. The summed E-state index contributed by atoms with van der Waals surface area (Å²) in [4.78, 5) is 74.7. The van der Waals surface area contributed by atoms with Gasteiger partial charge in [-0.1, -0.05) is 27.7 Å². The Kier molecular flexibility index (Phi) is 19.1. The summed E-state index contributed by atoms with van der Waals surface area (Å²) < 4.78 is 2.51. The van der Waals surface area contributed by atoms with Gasteiger partial charge in [-0.25, -0.2) is 0 Å². The highest BCUT2D eigenvalue weighted by Gasteiger charge is 2.50. The second-order valence-corrected chi connectivity index (χ2v) is 21.2. The minimum atomic E-state index is -0.929. The summed E-state index contributed by atoms with van der Waals surface area (Å²) in [6, 6.07) is -0.299. The van der Waals surface area contributed by atoms with Crippen molar-refractivity contribution in [1.82, 2.24) is 9.80 Å². The summed E-state index contributed by atoms with van der Waals surface area (Å²) in [6.45, 7) is 23.8. The quantitative estimate of drug-likeness (QED) is 0.0740. The number of amides is 2. The standard InChI is InChI=1S/C47H90N5O5/c1-15-45(6,40(53)24-21-31-50(9,10)16-2)36-47(8,42(55)26-23-33-52(13,14)18-4)37-46(7,41(54)25-22-32-51(11,12)17-3)35-39(49-30-20-28-44(49)57)34-38(5)48-29-19-27-43(48)56/h38-39H,15-37H2,1-14H3/q+3. The first-order chi connectivity index (χ1) is 26.3. The minimum absolute atomic E-state index is 0.0641. The van der Waals surface area contributed by atoms with Crippen molar-refractivity contribution in [3.05, 3.63) is 0 Å². The molecule has 2 saturated heterocycles. The molecule has 0 aromatic carbocycles. The molecule has 0 bridgehead atoms. The summed E-state index contributed by atoms with van der Waals surface area (Å²) in [5.74, 6) is 0.769. The largest absolute Gasteiger partial charge is 0.340 e. The van der Waals surface area contributed by atoms with Crippen molar-refractivity contribution in [2.75, 3.05) is 94.6 Å². The van der Waals surface area contributed by atoms with E-state index in [1.807, 2.05) is 9.80 Å². The zero-order valence-corrected chi connectivity index (χ0v) is 39.7. The van der Waals surface area contributed by atoms with Crippen LogP contribution in [-0.4, -0.2) is 159 Å². The lowest BCUT2D eigenvalue weighted by atomic mass is 9.59. The van der Waals surface area contributed by atoms with Crippen LogP contribution in [0, 0.1) is 16.2 Å². The van der Waals surface area contributed by atoms with Crippen LogP contribution < -0.4 is 0 Å². The Morgan fingerprint density at radius 1 is 0.596 bits per heavy atom.